The van der Waals surface area contributed by atoms with Crippen LogP contribution in [0.25, 0.3) is 0 Å². The standard InChI is InChI=1S/C16H13Cl2NO4/c1-22-16(21)11-4-2-3-5-13(11)19-15(20)9-23-14-8-10(17)6-7-12(14)18/h2-8H,9H2,1H3,(H,19,20). The van der Waals surface area contributed by atoms with Crippen molar-refractivity contribution < 1.29 is 19.1 Å². The number of methoxy groups -OCH3 is 1. The van der Waals surface area contributed by atoms with Gasteiger partial charge in [0.05, 0.1) is 23.4 Å². The molecule has 0 saturated heterocycles. The summed E-state index contributed by atoms with van der Waals surface area (Å²) in [6.07, 6.45) is 0. The zero-order valence-corrected chi connectivity index (χ0v) is 13.6. The Morgan fingerprint density at radius 3 is 2.61 bits per heavy atom. The fraction of sp³-hybridized carbons (Fsp3) is 0.125. The monoisotopic (exact) mass is 353 g/mol. The maximum absolute atomic E-state index is 12.0. The van der Waals surface area contributed by atoms with Crippen LogP contribution < -0.4 is 10.1 Å². The van der Waals surface area contributed by atoms with Crippen molar-refractivity contribution in [1.82, 2.24) is 0 Å². The molecule has 0 heterocycles. The van der Waals surface area contributed by atoms with Crippen molar-refractivity contribution in [1.29, 1.82) is 0 Å². The maximum atomic E-state index is 12.0. The van der Waals surface area contributed by atoms with Crippen LogP contribution in [0.1, 0.15) is 10.4 Å². The lowest BCUT2D eigenvalue weighted by Crippen LogP contribution is -2.21. The molecule has 7 heteroatoms. The number of carbonyl (C=O) groups is 2. The number of hydrogen-bond donors (Lipinski definition) is 1. The lowest BCUT2D eigenvalue weighted by Gasteiger charge is -2.11. The molecule has 0 fully saturated rings. The van der Waals surface area contributed by atoms with Crippen LogP contribution in [0.5, 0.6) is 5.75 Å². The molecule has 0 aliphatic carbocycles. The molecule has 0 saturated carbocycles. The number of amides is 1. The van der Waals surface area contributed by atoms with Crippen LogP contribution in [0.3, 0.4) is 0 Å². The van der Waals surface area contributed by atoms with Crippen molar-refractivity contribution in [3.05, 3.63) is 58.1 Å². The van der Waals surface area contributed by atoms with E-state index in [0.29, 0.717) is 21.5 Å². The van der Waals surface area contributed by atoms with E-state index in [1.54, 1.807) is 36.4 Å². The first-order chi connectivity index (χ1) is 11.0. The number of rotatable bonds is 5. The summed E-state index contributed by atoms with van der Waals surface area (Å²) >= 11 is 11.8. The van der Waals surface area contributed by atoms with Gasteiger partial charge in [0, 0.05) is 11.1 Å². The summed E-state index contributed by atoms with van der Waals surface area (Å²) < 4.78 is 10.00. The first-order valence-corrected chi connectivity index (χ1v) is 7.32. The van der Waals surface area contributed by atoms with Gasteiger partial charge in [-0.25, -0.2) is 4.79 Å². The molecular formula is C16H13Cl2NO4. The number of halogens is 2. The number of esters is 1. The summed E-state index contributed by atoms with van der Waals surface area (Å²) in [4.78, 5) is 23.6. The zero-order valence-electron chi connectivity index (χ0n) is 12.1. The Hall–Kier alpha value is -2.24. The summed E-state index contributed by atoms with van der Waals surface area (Å²) in [5, 5.41) is 3.38. The Bertz CT molecular complexity index is 734. The van der Waals surface area contributed by atoms with Crippen LogP contribution in [0.4, 0.5) is 5.69 Å². The van der Waals surface area contributed by atoms with Gasteiger partial charge in [0.1, 0.15) is 5.75 Å². The second-order valence-corrected chi connectivity index (χ2v) is 5.29. The smallest absolute Gasteiger partial charge is 0.339 e. The summed E-state index contributed by atoms with van der Waals surface area (Å²) in [6, 6.07) is 11.2. The van der Waals surface area contributed by atoms with Crippen molar-refractivity contribution in [2.45, 2.75) is 0 Å². The molecule has 2 aromatic rings. The molecule has 0 aliphatic heterocycles. The average Bonchev–Trinajstić information content (AvgIpc) is 2.55. The second-order valence-electron chi connectivity index (χ2n) is 4.45. The maximum Gasteiger partial charge on any atom is 0.339 e. The Morgan fingerprint density at radius 2 is 1.87 bits per heavy atom. The average molecular weight is 354 g/mol. The number of para-hydroxylation sites is 1. The highest BCUT2D eigenvalue weighted by molar-refractivity contribution is 6.34. The third-order valence-electron chi connectivity index (χ3n) is 2.86. The molecule has 5 nitrogen and oxygen atoms in total. The second kappa shape index (κ2) is 7.85. The molecule has 0 spiro atoms. The van der Waals surface area contributed by atoms with Crippen LogP contribution in [0.2, 0.25) is 10.0 Å². The van der Waals surface area contributed by atoms with Gasteiger partial charge in [-0.2, -0.15) is 0 Å². The van der Waals surface area contributed by atoms with Crippen LogP contribution in [-0.2, 0) is 9.53 Å². The summed E-state index contributed by atoms with van der Waals surface area (Å²) in [6.45, 7) is -0.282. The SMILES string of the molecule is COC(=O)c1ccccc1NC(=O)COc1cc(Cl)ccc1Cl. The van der Waals surface area contributed by atoms with E-state index in [0.717, 1.165) is 0 Å². The van der Waals surface area contributed by atoms with Gasteiger partial charge >= 0.3 is 5.97 Å². The van der Waals surface area contributed by atoms with E-state index in [1.165, 1.54) is 13.2 Å². The van der Waals surface area contributed by atoms with Crippen LogP contribution in [0.15, 0.2) is 42.5 Å². The van der Waals surface area contributed by atoms with Crippen LogP contribution in [0, 0.1) is 0 Å². The Morgan fingerprint density at radius 1 is 1.13 bits per heavy atom. The number of anilines is 1. The topological polar surface area (TPSA) is 64.6 Å². The highest BCUT2D eigenvalue weighted by Crippen LogP contribution is 2.27. The Kier molecular flexibility index (Phi) is 5.84. The lowest BCUT2D eigenvalue weighted by atomic mass is 10.2. The van der Waals surface area contributed by atoms with Gasteiger partial charge in [-0.05, 0) is 24.3 Å². The third kappa shape index (κ3) is 4.61. The minimum Gasteiger partial charge on any atom is -0.482 e. The summed E-state index contributed by atoms with van der Waals surface area (Å²) in [5.41, 5.74) is 0.592. The largest absolute Gasteiger partial charge is 0.482 e. The highest BCUT2D eigenvalue weighted by atomic mass is 35.5. The molecule has 120 valence electrons. The van der Waals surface area contributed by atoms with Gasteiger partial charge in [0.25, 0.3) is 5.91 Å². The van der Waals surface area contributed by atoms with Crippen LogP contribution in [-0.4, -0.2) is 25.6 Å². The zero-order chi connectivity index (χ0) is 16.8. The molecule has 2 rings (SSSR count). The first-order valence-electron chi connectivity index (χ1n) is 6.56. The fourth-order valence-electron chi connectivity index (χ4n) is 1.80. The number of nitrogens with one attached hydrogen (secondary N) is 1. The van der Waals surface area contributed by atoms with Gasteiger partial charge in [0.2, 0.25) is 0 Å². The van der Waals surface area contributed by atoms with E-state index in [4.69, 9.17) is 27.9 Å². The van der Waals surface area contributed by atoms with Crippen molar-refractivity contribution in [2.24, 2.45) is 0 Å². The molecule has 0 bridgehead atoms. The van der Waals surface area contributed by atoms with Crippen molar-refractivity contribution in [2.75, 3.05) is 19.0 Å². The van der Waals surface area contributed by atoms with E-state index < -0.39 is 11.9 Å². The molecule has 23 heavy (non-hydrogen) atoms. The summed E-state index contributed by atoms with van der Waals surface area (Å²) in [7, 11) is 1.27. The predicted octanol–water partition coefficient (Wildman–Crippen LogP) is 3.80. The quantitative estimate of drug-likeness (QED) is 0.830. The minimum absolute atomic E-state index is 0.254. The molecule has 1 N–H and O–H groups in total. The molecule has 0 atom stereocenters. The molecule has 0 aliphatic rings. The molecule has 1 amide bonds. The fourth-order valence-corrected chi connectivity index (χ4v) is 2.13. The van der Waals surface area contributed by atoms with E-state index >= 15 is 0 Å². The number of hydrogen-bond acceptors (Lipinski definition) is 4. The molecule has 0 radical (unpaired) electrons. The normalized spacial score (nSPS) is 10.0. The predicted molar refractivity (Wildman–Crippen MR) is 88.4 cm³/mol. The third-order valence-corrected chi connectivity index (χ3v) is 3.41. The van der Waals surface area contributed by atoms with Gasteiger partial charge in [0.15, 0.2) is 6.61 Å². The highest BCUT2D eigenvalue weighted by Gasteiger charge is 2.14. The van der Waals surface area contributed by atoms with Crippen molar-refractivity contribution >= 4 is 40.8 Å². The lowest BCUT2D eigenvalue weighted by molar-refractivity contribution is -0.118. The van der Waals surface area contributed by atoms with Gasteiger partial charge in [-0.1, -0.05) is 35.3 Å². The molecule has 2 aromatic carbocycles. The first kappa shape index (κ1) is 17.1. The minimum atomic E-state index is -0.542. The van der Waals surface area contributed by atoms with E-state index in [-0.39, 0.29) is 12.2 Å². The van der Waals surface area contributed by atoms with Crippen molar-refractivity contribution in [3.63, 3.8) is 0 Å². The van der Waals surface area contributed by atoms with E-state index in [9.17, 15) is 9.59 Å². The Balaban J connectivity index is 2.03. The molecular weight excluding hydrogens is 341 g/mol. The van der Waals surface area contributed by atoms with Gasteiger partial charge in [-0.15, -0.1) is 0 Å². The van der Waals surface area contributed by atoms with Crippen molar-refractivity contribution in [3.8, 4) is 5.75 Å². The number of carbonyl (C=O) groups excluding carboxylic acids is 2. The number of benzene rings is 2. The van der Waals surface area contributed by atoms with Gasteiger partial charge < -0.3 is 14.8 Å². The molecule has 0 unspecified atom stereocenters. The van der Waals surface area contributed by atoms with E-state index in [2.05, 4.69) is 10.1 Å². The van der Waals surface area contributed by atoms with Gasteiger partial charge in [-0.3, -0.25) is 4.79 Å². The molecule has 0 aromatic heterocycles. The number of ether oxygens (including phenoxy) is 2. The Labute approximate surface area is 143 Å². The van der Waals surface area contributed by atoms with E-state index in [1.807, 2.05) is 0 Å². The summed E-state index contributed by atoms with van der Waals surface area (Å²) in [5.74, 6) is -0.687. The van der Waals surface area contributed by atoms with Crippen LogP contribution >= 0.6 is 23.2 Å².